The second kappa shape index (κ2) is 2.38. The van der Waals surface area contributed by atoms with Crippen molar-refractivity contribution in [2.45, 2.75) is 38.8 Å². The van der Waals surface area contributed by atoms with Gasteiger partial charge in [0.1, 0.15) is 0 Å². The maximum atomic E-state index is 10.2. The van der Waals surface area contributed by atoms with Crippen molar-refractivity contribution in [3.63, 3.8) is 0 Å². The van der Waals surface area contributed by atoms with Crippen molar-refractivity contribution in [3.8, 4) is 0 Å². The summed E-state index contributed by atoms with van der Waals surface area (Å²) in [6.45, 7) is 4.24. The second-order valence-corrected chi connectivity index (χ2v) is 2.50. The van der Waals surface area contributed by atoms with Crippen LogP contribution in [0.25, 0.3) is 0 Å². The first-order valence-electron chi connectivity index (χ1n) is 3.57. The van der Waals surface area contributed by atoms with Crippen molar-refractivity contribution < 1.29 is 4.79 Å². The molecule has 0 aromatic rings. The smallest absolute Gasteiger partial charge is 0.210 e. The molecule has 0 aliphatic carbocycles. The van der Waals surface area contributed by atoms with Gasteiger partial charge in [-0.3, -0.25) is 4.79 Å². The standard InChI is InChI=1S/C7H13NO/c1-3-6-7(4-2)8(6)5-9/h5-7H,3-4H2,1-2H3. The molecule has 1 aliphatic heterocycles. The lowest BCUT2D eigenvalue weighted by molar-refractivity contribution is -0.114. The number of hydrogen-bond donors (Lipinski definition) is 0. The van der Waals surface area contributed by atoms with Gasteiger partial charge in [-0.25, -0.2) is 0 Å². The van der Waals surface area contributed by atoms with Gasteiger partial charge in [-0.1, -0.05) is 13.8 Å². The van der Waals surface area contributed by atoms with E-state index in [1.807, 2.05) is 4.90 Å². The topological polar surface area (TPSA) is 20.1 Å². The number of rotatable bonds is 3. The third kappa shape index (κ3) is 0.934. The van der Waals surface area contributed by atoms with Gasteiger partial charge < -0.3 is 4.90 Å². The third-order valence-electron chi connectivity index (χ3n) is 2.08. The molecule has 2 heteroatoms. The highest BCUT2D eigenvalue weighted by molar-refractivity contribution is 5.53. The van der Waals surface area contributed by atoms with Crippen LogP contribution < -0.4 is 0 Å². The normalized spacial score (nSPS) is 32.4. The zero-order valence-corrected chi connectivity index (χ0v) is 6.00. The average molecular weight is 127 g/mol. The summed E-state index contributed by atoms with van der Waals surface area (Å²) in [5.74, 6) is 0. The molecule has 0 bridgehead atoms. The highest BCUT2D eigenvalue weighted by atomic mass is 16.1. The molecule has 1 amide bonds. The van der Waals surface area contributed by atoms with Crippen molar-refractivity contribution in [3.05, 3.63) is 0 Å². The number of nitrogens with zero attached hydrogens (tertiary/aromatic N) is 1. The Morgan fingerprint density at radius 3 is 1.89 bits per heavy atom. The molecule has 1 fully saturated rings. The Balaban J connectivity index is 2.34. The summed E-state index contributed by atoms with van der Waals surface area (Å²) in [5.41, 5.74) is 0. The minimum Gasteiger partial charge on any atom is -0.335 e. The van der Waals surface area contributed by atoms with Crippen LogP contribution in [-0.2, 0) is 4.79 Å². The van der Waals surface area contributed by atoms with Crippen molar-refractivity contribution in [2.24, 2.45) is 0 Å². The lowest BCUT2D eigenvalue weighted by Crippen LogP contribution is -1.96. The van der Waals surface area contributed by atoms with Crippen LogP contribution in [0.5, 0.6) is 0 Å². The molecule has 0 N–H and O–H groups in total. The van der Waals surface area contributed by atoms with Crippen LogP contribution in [-0.4, -0.2) is 23.4 Å². The van der Waals surface area contributed by atoms with Crippen LogP contribution in [0.3, 0.4) is 0 Å². The van der Waals surface area contributed by atoms with E-state index in [4.69, 9.17) is 0 Å². The third-order valence-corrected chi connectivity index (χ3v) is 2.08. The molecule has 0 aromatic carbocycles. The van der Waals surface area contributed by atoms with Gasteiger partial charge in [0.05, 0.1) is 12.1 Å². The van der Waals surface area contributed by atoms with Gasteiger partial charge in [0.2, 0.25) is 6.41 Å². The fourth-order valence-electron chi connectivity index (χ4n) is 1.48. The Hall–Kier alpha value is -0.530. The molecule has 2 unspecified atom stereocenters. The van der Waals surface area contributed by atoms with E-state index in [1.54, 1.807) is 0 Å². The summed E-state index contributed by atoms with van der Waals surface area (Å²) in [7, 11) is 0. The molecule has 2 nitrogen and oxygen atoms in total. The second-order valence-electron chi connectivity index (χ2n) is 2.50. The summed E-state index contributed by atoms with van der Waals surface area (Å²) < 4.78 is 0. The molecule has 2 atom stereocenters. The lowest BCUT2D eigenvalue weighted by Gasteiger charge is -1.85. The molecule has 1 rings (SSSR count). The van der Waals surface area contributed by atoms with E-state index in [0.29, 0.717) is 12.1 Å². The van der Waals surface area contributed by atoms with Gasteiger partial charge in [-0.15, -0.1) is 0 Å². The molecule has 9 heavy (non-hydrogen) atoms. The van der Waals surface area contributed by atoms with E-state index in [9.17, 15) is 4.79 Å². The largest absolute Gasteiger partial charge is 0.335 e. The number of carbonyl (C=O) groups excluding carboxylic acids is 1. The molecule has 52 valence electrons. The molecule has 0 spiro atoms. The fraction of sp³-hybridized carbons (Fsp3) is 0.857. The molecular formula is C7H13NO. The first-order valence-corrected chi connectivity index (χ1v) is 3.57. The van der Waals surface area contributed by atoms with E-state index in [2.05, 4.69) is 13.8 Å². The molecule has 1 heterocycles. The summed E-state index contributed by atoms with van der Waals surface area (Å²) in [4.78, 5) is 12.1. The zero-order valence-electron chi connectivity index (χ0n) is 6.00. The molecule has 0 saturated carbocycles. The lowest BCUT2D eigenvalue weighted by atomic mass is 10.2. The molecular weight excluding hydrogens is 114 g/mol. The maximum absolute atomic E-state index is 10.2. The van der Waals surface area contributed by atoms with E-state index >= 15 is 0 Å². The minimum absolute atomic E-state index is 0.562. The molecule has 0 aromatic heterocycles. The maximum Gasteiger partial charge on any atom is 0.210 e. The van der Waals surface area contributed by atoms with Gasteiger partial charge in [-0.05, 0) is 12.8 Å². The van der Waals surface area contributed by atoms with E-state index < -0.39 is 0 Å². The predicted octanol–water partition coefficient (Wildman–Crippen LogP) is 1.02. The van der Waals surface area contributed by atoms with Gasteiger partial charge in [0, 0.05) is 0 Å². The summed E-state index contributed by atoms with van der Waals surface area (Å²) in [6, 6.07) is 1.12. The van der Waals surface area contributed by atoms with Crippen LogP contribution >= 0.6 is 0 Å². The fourth-order valence-corrected chi connectivity index (χ4v) is 1.48. The van der Waals surface area contributed by atoms with E-state index in [-0.39, 0.29) is 0 Å². The zero-order chi connectivity index (χ0) is 6.85. The van der Waals surface area contributed by atoms with E-state index in [0.717, 1.165) is 19.3 Å². The first-order chi connectivity index (χ1) is 4.35. The van der Waals surface area contributed by atoms with Gasteiger partial charge >= 0.3 is 0 Å². The SMILES string of the molecule is CCC1C(CC)N1C=O. The monoisotopic (exact) mass is 127 g/mol. The van der Waals surface area contributed by atoms with E-state index in [1.165, 1.54) is 0 Å². The highest BCUT2D eigenvalue weighted by Crippen LogP contribution is 2.30. The van der Waals surface area contributed by atoms with Gasteiger partial charge in [0.25, 0.3) is 0 Å². The number of amides is 1. The number of hydrogen-bond acceptors (Lipinski definition) is 1. The van der Waals surface area contributed by atoms with Crippen LogP contribution in [0.15, 0.2) is 0 Å². The predicted molar refractivity (Wildman–Crippen MR) is 36.1 cm³/mol. The Morgan fingerprint density at radius 1 is 1.33 bits per heavy atom. The molecule has 0 radical (unpaired) electrons. The summed E-state index contributed by atoms with van der Waals surface area (Å²) in [6.07, 6.45) is 3.18. The Kier molecular flexibility index (Phi) is 1.74. The van der Waals surface area contributed by atoms with Crippen LogP contribution in [0.1, 0.15) is 26.7 Å². The minimum atomic E-state index is 0.562. The van der Waals surface area contributed by atoms with Crippen molar-refractivity contribution in [2.75, 3.05) is 0 Å². The Bertz CT molecular complexity index is 103. The van der Waals surface area contributed by atoms with Crippen LogP contribution in [0.2, 0.25) is 0 Å². The molecule has 1 aliphatic rings. The Labute approximate surface area is 55.8 Å². The summed E-state index contributed by atoms with van der Waals surface area (Å²) >= 11 is 0. The van der Waals surface area contributed by atoms with Crippen molar-refractivity contribution in [1.29, 1.82) is 0 Å². The Morgan fingerprint density at radius 2 is 1.78 bits per heavy atom. The average Bonchev–Trinajstić information content (AvgIpc) is 2.59. The molecule has 1 saturated heterocycles. The van der Waals surface area contributed by atoms with Gasteiger partial charge in [-0.2, -0.15) is 0 Å². The van der Waals surface area contributed by atoms with Crippen molar-refractivity contribution in [1.82, 2.24) is 4.90 Å². The number of carbonyl (C=O) groups is 1. The highest BCUT2D eigenvalue weighted by Gasteiger charge is 2.43. The first kappa shape index (κ1) is 6.59. The van der Waals surface area contributed by atoms with Crippen LogP contribution in [0, 0.1) is 0 Å². The quantitative estimate of drug-likeness (QED) is 0.409. The van der Waals surface area contributed by atoms with Gasteiger partial charge in [0.15, 0.2) is 0 Å². The van der Waals surface area contributed by atoms with Crippen molar-refractivity contribution >= 4 is 6.41 Å². The van der Waals surface area contributed by atoms with Crippen LogP contribution in [0.4, 0.5) is 0 Å². The summed E-state index contributed by atoms with van der Waals surface area (Å²) in [5, 5.41) is 0.